The van der Waals surface area contributed by atoms with Crippen molar-refractivity contribution in [1.82, 2.24) is 0 Å². The minimum atomic E-state index is -0.987. The van der Waals surface area contributed by atoms with Crippen LogP contribution in [0.2, 0.25) is 0 Å². The summed E-state index contributed by atoms with van der Waals surface area (Å²) in [4.78, 5) is 11.4. The number of carboxylic acids is 1. The second kappa shape index (κ2) is 3.64. The zero-order valence-corrected chi connectivity index (χ0v) is 9.04. The molecule has 0 radical (unpaired) electrons. The van der Waals surface area contributed by atoms with E-state index in [1.165, 1.54) is 11.3 Å². The largest absolute Gasteiger partial charge is 0.480 e. The van der Waals surface area contributed by atoms with Crippen molar-refractivity contribution in [1.29, 1.82) is 0 Å². The third-order valence-electron chi connectivity index (χ3n) is 2.37. The van der Waals surface area contributed by atoms with E-state index in [2.05, 4.69) is 0 Å². The molecule has 78 valence electrons. The molecule has 0 amide bonds. The first kappa shape index (κ1) is 10.1. The van der Waals surface area contributed by atoms with Crippen LogP contribution >= 0.6 is 11.3 Å². The van der Waals surface area contributed by atoms with Crippen LogP contribution in [0.4, 0.5) is 0 Å². The number of carboxylic acid groups (broad SMARTS) is 1. The molecule has 1 atom stereocenters. The van der Waals surface area contributed by atoms with Crippen molar-refractivity contribution in [3.63, 3.8) is 0 Å². The lowest BCUT2D eigenvalue weighted by Gasteiger charge is -2.00. The Balaban J connectivity index is 2.56. The monoisotopic (exact) mass is 221 g/mol. The molecule has 3 nitrogen and oxygen atoms in total. The van der Waals surface area contributed by atoms with Gasteiger partial charge in [0, 0.05) is 9.58 Å². The van der Waals surface area contributed by atoms with Crippen molar-refractivity contribution in [2.45, 2.75) is 13.0 Å². The van der Waals surface area contributed by atoms with Crippen LogP contribution in [0, 0.1) is 6.92 Å². The van der Waals surface area contributed by atoms with Gasteiger partial charge in [-0.2, -0.15) is 0 Å². The summed E-state index contributed by atoms with van der Waals surface area (Å²) in [5.41, 5.74) is 6.71. The molecule has 0 aliphatic carbocycles. The van der Waals surface area contributed by atoms with Crippen molar-refractivity contribution in [3.05, 3.63) is 34.7 Å². The van der Waals surface area contributed by atoms with E-state index >= 15 is 0 Å². The molecule has 2 aromatic rings. The minimum Gasteiger partial charge on any atom is -0.480 e. The first-order chi connectivity index (χ1) is 7.09. The van der Waals surface area contributed by atoms with Gasteiger partial charge < -0.3 is 10.8 Å². The molecule has 2 rings (SSSR count). The molecule has 0 aliphatic rings. The normalized spacial score (nSPS) is 12.9. The van der Waals surface area contributed by atoms with Crippen LogP contribution in [0.15, 0.2) is 24.3 Å². The predicted molar refractivity (Wildman–Crippen MR) is 61.1 cm³/mol. The summed E-state index contributed by atoms with van der Waals surface area (Å²) >= 11 is 1.44. The Morgan fingerprint density at radius 3 is 2.87 bits per heavy atom. The Morgan fingerprint density at radius 2 is 2.27 bits per heavy atom. The first-order valence-electron chi connectivity index (χ1n) is 4.57. The molecule has 0 bridgehead atoms. The number of hydrogen-bond acceptors (Lipinski definition) is 3. The average molecular weight is 221 g/mol. The highest BCUT2D eigenvalue weighted by Gasteiger charge is 2.17. The summed E-state index contributed by atoms with van der Waals surface area (Å²) in [6, 6.07) is 6.90. The molecule has 4 heteroatoms. The lowest BCUT2D eigenvalue weighted by Crippen LogP contribution is -2.19. The van der Waals surface area contributed by atoms with Crippen LogP contribution in [0.3, 0.4) is 0 Å². The zero-order chi connectivity index (χ0) is 11.0. The number of aryl methyl sites for hydroxylation is 1. The highest BCUT2D eigenvalue weighted by atomic mass is 32.1. The number of hydrogen-bond donors (Lipinski definition) is 2. The number of fused-ring (bicyclic) bond motifs is 1. The highest BCUT2D eigenvalue weighted by molar-refractivity contribution is 7.19. The van der Waals surface area contributed by atoms with Crippen LogP contribution < -0.4 is 5.73 Å². The topological polar surface area (TPSA) is 63.3 Å². The number of thiophene rings is 1. The van der Waals surface area contributed by atoms with E-state index < -0.39 is 12.0 Å². The van der Waals surface area contributed by atoms with Crippen molar-refractivity contribution in [2.24, 2.45) is 5.73 Å². The summed E-state index contributed by atoms with van der Waals surface area (Å²) < 4.78 is 1.08. The smallest absolute Gasteiger partial charge is 0.325 e. The van der Waals surface area contributed by atoms with Crippen LogP contribution in [0.1, 0.15) is 16.5 Å². The second-order valence-electron chi connectivity index (χ2n) is 3.45. The van der Waals surface area contributed by atoms with E-state index in [9.17, 15) is 4.79 Å². The van der Waals surface area contributed by atoms with Gasteiger partial charge in [-0.05, 0) is 30.0 Å². The van der Waals surface area contributed by atoms with Crippen molar-refractivity contribution >= 4 is 27.4 Å². The van der Waals surface area contributed by atoms with Crippen molar-refractivity contribution < 1.29 is 9.90 Å². The quantitative estimate of drug-likeness (QED) is 0.817. The van der Waals surface area contributed by atoms with E-state index in [1.54, 1.807) is 0 Å². The standard InChI is InChI=1S/C11H11NO2S/c1-6-3-2-4-8-7(6)5-9(15-8)10(12)11(13)14/h2-5,10H,12H2,1H3,(H,13,14). The maximum absolute atomic E-state index is 10.7. The van der Waals surface area contributed by atoms with Crippen molar-refractivity contribution in [3.8, 4) is 0 Å². The van der Waals surface area contributed by atoms with E-state index in [4.69, 9.17) is 10.8 Å². The molecule has 1 unspecified atom stereocenters. The molecule has 0 saturated carbocycles. The van der Waals surface area contributed by atoms with Crippen LogP contribution in [0.25, 0.3) is 10.1 Å². The fourth-order valence-electron chi connectivity index (χ4n) is 1.50. The Bertz CT molecular complexity index is 518. The van der Waals surface area contributed by atoms with E-state index in [-0.39, 0.29) is 0 Å². The summed E-state index contributed by atoms with van der Waals surface area (Å²) in [7, 11) is 0. The van der Waals surface area contributed by atoms with Gasteiger partial charge in [-0.1, -0.05) is 12.1 Å². The number of carbonyl (C=O) groups is 1. The number of aliphatic carboxylic acids is 1. The Hall–Kier alpha value is -1.39. The maximum Gasteiger partial charge on any atom is 0.325 e. The molecule has 1 heterocycles. The molecule has 3 N–H and O–H groups in total. The fraction of sp³-hybridized carbons (Fsp3) is 0.182. The molecule has 1 aromatic heterocycles. The van der Waals surface area contributed by atoms with E-state index in [0.29, 0.717) is 4.88 Å². The second-order valence-corrected chi connectivity index (χ2v) is 4.57. The van der Waals surface area contributed by atoms with Gasteiger partial charge >= 0.3 is 5.97 Å². The van der Waals surface area contributed by atoms with Crippen LogP contribution in [-0.4, -0.2) is 11.1 Å². The molecule has 0 aliphatic heterocycles. The zero-order valence-electron chi connectivity index (χ0n) is 8.23. The van der Waals surface area contributed by atoms with Gasteiger partial charge in [0.25, 0.3) is 0 Å². The first-order valence-corrected chi connectivity index (χ1v) is 5.38. The lowest BCUT2D eigenvalue weighted by atomic mass is 10.1. The van der Waals surface area contributed by atoms with Gasteiger partial charge in [0.1, 0.15) is 6.04 Å². The summed E-state index contributed by atoms with van der Waals surface area (Å²) in [5, 5.41) is 9.90. The van der Waals surface area contributed by atoms with Gasteiger partial charge in [0.05, 0.1) is 0 Å². The van der Waals surface area contributed by atoms with Gasteiger partial charge in [-0.25, -0.2) is 0 Å². The third kappa shape index (κ3) is 1.73. The van der Waals surface area contributed by atoms with Gasteiger partial charge in [-0.3, -0.25) is 4.79 Å². The third-order valence-corrected chi connectivity index (χ3v) is 3.55. The molecule has 1 aromatic carbocycles. The van der Waals surface area contributed by atoms with Gasteiger partial charge in [0.15, 0.2) is 0 Å². The molecule has 0 saturated heterocycles. The number of rotatable bonds is 2. The number of benzene rings is 1. The summed E-state index contributed by atoms with van der Waals surface area (Å²) in [6.45, 7) is 2.01. The van der Waals surface area contributed by atoms with Crippen LogP contribution in [-0.2, 0) is 4.79 Å². The Kier molecular flexibility index (Phi) is 2.46. The highest BCUT2D eigenvalue weighted by Crippen LogP contribution is 2.30. The van der Waals surface area contributed by atoms with Gasteiger partial charge in [-0.15, -0.1) is 11.3 Å². The molecular formula is C11H11NO2S. The van der Waals surface area contributed by atoms with Gasteiger partial charge in [0.2, 0.25) is 0 Å². The molecule has 0 fully saturated rings. The lowest BCUT2D eigenvalue weighted by molar-refractivity contribution is -0.138. The minimum absolute atomic E-state index is 0.701. The van der Waals surface area contributed by atoms with E-state index in [0.717, 1.165) is 15.6 Å². The molecular weight excluding hydrogens is 210 g/mol. The summed E-state index contributed by atoms with van der Waals surface area (Å²) in [5.74, 6) is -0.987. The fourth-order valence-corrected chi connectivity index (χ4v) is 2.64. The predicted octanol–water partition coefficient (Wildman–Crippen LogP) is 2.29. The van der Waals surface area contributed by atoms with Crippen LogP contribution in [0.5, 0.6) is 0 Å². The maximum atomic E-state index is 10.7. The number of nitrogens with two attached hydrogens (primary N) is 1. The Morgan fingerprint density at radius 1 is 1.53 bits per heavy atom. The Labute approximate surface area is 91.1 Å². The summed E-state index contributed by atoms with van der Waals surface area (Å²) in [6.07, 6.45) is 0. The van der Waals surface area contributed by atoms with Crippen molar-refractivity contribution in [2.75, 3.05) is 0 Å². The SMILES string of the molecule is Cc1cccc2sc(C(N)C(=O)O)cc12. The van der Waals surface area contributed by atoms with E-state index in [1.807, 2.05) is 31.2 Å². The molecule has 15 heavy (non-hydrogen) atoms. The average Bonchev–Trinajstić information content (AvgIpc) is 2.61. The molecule has 0 spiro atoms.